The fourth-order valence-electron chi connectivity index (χ4n) is 3.92. The van der Waals surface area contributed by atoms with Gasteiger partial charge in [-0.15, -0.1) is 0 Å². The maximum atomic E-state index is 6.66. The summed E-state index contributed by atoms with van der Waals surface area (Å²) in [7, 11) is 5.25. The Hall–Kier alpha value is -2.00. The Balaban J connectivity index is 1.84. The minimum absolute atomic E-state index is 0.371. The van der Waals surface area contributed by atoms with Gasteiger partial charge in [0.05, 0.1) is 30.0 Å². The van der Waals surface area contributed by atoms with Gasteiger partial charge in [0, 0.05) is 36.3 Å². The van der Waals surface area contributed by atoms with Gasteiger partial charge in [0.2, 0.25) is 0 Å². The Morgan fingerprint density at radius 3 is 2.47 bits per heavy atom. The number of benzene rings is 1. The van der Waals surface area contributed by atoms with Crippen molar-refractivity contribution < 1.29 is 9.47 Å². The summed E-state index contributed by atoms with van der Waals surface area (Å²) in [4.78, 5) is 16.4. The fourth-order valence-corrected chi connectivity index (χ4v) is 4.95. The molecule has 1 fully saturated rings. The van der Waals surface area contributed by atoms with Crippen molar-refractivity contribution in [3.8, 4) is 22.8 Å². The Morgan fingerprint density at radius 1 is 1.16 bits per heavy atom. The van der Waals surface area contributed by atoms with Crippen LogP contribution in [-0.2, 0) is 0 Å². The zero-order chi connectivity index (χ0) is 22.8. The van der Waals surface area contributed by atoms with Crippen molar-refractivity contribution in [3.63, 3.8) is 0 Å². The number of likely N-dealkylation sites (tertiary alicyclic amines) is 1. The number of thioether (sulfide) groups is 1. The molecular weight excluding hydrogens is 469 g/mol. The van der Waals surface area contributed by atoms with E-state index in [-0.39, 0.29) is 0 Å². The number of aromatic nitrogens is 3. The van der Waals surface area contributed by atoms with E-state index in [9.17, 15) is 0 Å². The number of anilines is 1. The van der Waals surface area contributed by atoms with E-state index in [1.165, 1.54) is 11.8 Å². The number of methoxy groups -OCH3 is 2. The first kappa shape index (κ1) is 23.2. The minimum atomic E-state index is 0.371. The first-order valence-corrected chi connectivity index (χ1v) is 12.2. The molecule has 0 spiro atoms. The first-order valence-electron chi connectivity index (χ1n) is 10.2. The first-order chi connectivity index (χ1) is 15.4. The normalized spacial score (nSPS) is 16.5. The molecule has 1 aromatic carbocycles. The second-order valence-corrected chi connectivity index (χ2v) is 9.26. The van der Waals surface area contributed by atoms with Crippen molar-refractivity contribution in [2.24, 2.45) is 5.92 Å². The number of ether oxygens (including phenoxy) is 2. The Labute approximate surface area is 201 Å². The molecule has 1 atom stereocenters. The van der Waals surface area contributed by atoms with Crippen molar-refractivity contribution in [2.75, 3.05) is 52.5 Å². The molecule has 1 saturated heterocycles. The average molecular weight is 494 g/mol. The van der Waals surface area contributed by atoms with Gasteiger partial charge in [-0.1, -0.05) is 35.0 Å². The van der Waals surface area contributed by atoms with Crippen LogP contribution in [-0.4, -0.2) is 67.0 Å². The Kier molecular flexibility index (Phi) is 7.14. The summed E-state index contributed by atoms with van der Waals surface area (Å²) < 4.78 is 10.9. The van der Waals surface area contributed by atoms with Crippen LogP contribution in [0, 0.1) is 5.92 Å². The summed E-state index contributed by atoms with van der Waals surface area (Å²) in [6, 6.07) is 3.55. The van der Waals surface area contributed by atoms with Crippen LogP contribution in [0.1, 0.15) is 6.42 Å². The quantitative estimate of drug-likeness (QED) is 0.359. The highest BCUT2D eigenvalue weighted by Gasteiger charge is 2.23. The third-order valence-corrected chi connectivity index (χ3v) is 6.92. The maximum Gasteiger partial charge on any atom is 0.187 e. The van der Waals surface area contributed by atoms with Crippen molar-refractivity contribution in [1.29, 1.82) is 0 Å². The van der Waals surface area contributed by atoms with E-state index >= 15 is 0 Å². The lowest BCUT2D eigenvalue weighted by Crippen LogP contribution is -2.19. The monoisotopic (exact) mass is 493 g/mol. The molecule has 3 heterocycles. The number of halogens is 2. The van der Waals surface area contributed by atoms with Gasteiger partial charge in [0.15, 0.2) is 11.0 Å². The van der Waals surface area contributed by atoms with Crippen LogP contribution in [0.5, 0.6) is 11.5 Å². The zero-order valence-corrected chi connectivity index (χ0v) is 20.7. The molecule has 170 valence electrons. The van der Waals surface area contributed by atoms with Gasteiger partial charge in [0.1, 0.15) is 17.0 Å². The average Bonchev–Trinajstić information content (AvgIpc) is 3.22. The highest BCUT2D eigenvalue weighted by atomic mass is 35.5. The van der Waals surface area contributed by atoms with Gasteiger partial charge in [0.25, 0.3) is 0 Å². The van der Waals surface area contributed by atoms with E-state index < -0.39 is 0 Å². The van der Waals surface area contributed by atoms with Gasteiger partial charge < -0.3 is 19.7 Å². The molecule has 0 aliphatic carbocycles. The van der Waals surface area contributed by atoms with Crippen LogP contribution in [0.4, 0.5) is 5.82 Å². The third kappa shape index (κ3) is 4.55. The summed E-state index contributed by atoms with van der Waals surface area (Å²) >= 11 is 14.8. The van der Waals surface area contributed by atoms with Crippen LogP contribution >= 0.6 is 35.0 Å². The molecule has 2 aromatic heterocycles. The molecule has 1 aliphatic heterocycles. The SMILES string of the molecule is COc1cc(OC)c(Cl)c(-c2cc3cnc(SC)nc3c(NCC3CCN(C)C3)n2)c1Cl. The number of nitrogens with one attached hydrogen (secondary N) is 1. The lowest BCUT2D eigenvalue weighted by molar-refractivity contribution is 0.395. The van der Waals surface area contributed by atoms with Crippen LogP contribution < -0.4 is 14.8 Å². The maximum absolute atomic E-state index is 6.66. The summed E-state index contributed by atoms with van der Waals surface area (Å²) in [6.07, 6.45) is 4.90. The molecule has 0 bridgehead atoms. The van der Waals surface area contributed by atoms with Crippen LogP contribution in [0.15, 0.2) is 23.5 Å². The van der Waals surface area contributed by atoms with Gasteiger partial charge in [-0.3, -0.25) is 0 Å². The molecule has 10 heteroatoms. The number of hydrogen-bond donors (Lipinski definition) is 1. The molecule has 7 nitrogen and oxygen atoms in total. The second-order valence-electron chi connectivity index (χ2n) is 7.73. The van der Waals surface area contributed by atoms with Crippen molar-refractivity contribution >= 4 is 51.7 Å². The van der Waals surface area contributed by atoms with Gasteiger partial charge >= 0.3 is 0 Å². The van der Waals surface area contributed by atoms with Crippen LogP contribution in [0.3, 0.4) is 0 Å². The second kappa shape index (κ2) is 9.87. The number of pyridine rings is 1. The van der Waals surface area contributed by atoms with E-state index in [0.29, 0.717) is 49.7 Å². The predicted molar refractivity (Wildman–Crippen MR) is 132 cm³/mol. The molecule has 3 aromatic rings. The lowest BCUT2D eigenvalue weighted by atomic mass is 10.1. The highest BCUT2D eigenvalue weighted by molar-refractivity contribution is 7.98. The molecule has 32 heavy (non-hydrogen) atoms. The number of hydrogen-bond acceptors (Lipinski definition) is 8. The molecule has 4 rings (SSSR count). The van der Waals surface area contributed by atoms with Gasteiger partial charge in [-0.05, 0) is 38.3 Å². The van der Waals surface area contributed by atoms with E-state index in [2.05, 4.69) is 22.2 Å². The topological polar surface area (TPSA) is 72.4 Å². The number of rotatable bonds is 7. The molecule has 1 aliphatic rings. The predicted octanol–water partition coefficient (Wildman–Crippen LogP) is 5.10. The van der Waals surface area contributed by atoms with E-state index in [0.717, 1.165) is 37.0 Å². The Morgan fingerprint density at radius 2 is 1.88 bits per heavy atom. The molecule has 0 saturated carbocycles. The van der Waals surface area contributed by atoms with Crippen molar-refractivity contribution in [1.82, 2.24) is 19.9 Å². The van der Waals surface area contributed by atoms with Crippen molar-refractivity contribution in [2.45, 2.75) is 11.6 Å². The van der Waals surface area contributed by atoms with Crippen molar-refractivity contribution in [3.05, 3.63) is 28.4 Å². The summed E-state index contributed by atoms with van der Waals surface area (Å²) in [5.74, 6) is 2.15. The Bertz CT molecular complexity index is 1120. The molecule has 1 N–H and O–H groups in total. The summed E-state index contributed by atoms with van der Waals surface area (Å²) in [5.41, 5.74) is 1.90. The van der Waals surface area contributed by atoms with Gasteiger partial charge in [-0.25, -0.2) is 15.0 Å². The third-order valence-electron chi connectivity index (χ3n) is 5.60. The van der Waals surface area contributed by atoms with E-state index in [1.807, 2.05) is 12.3 Å². The smallest absolute Gasteiger partial charge is 0.187 e. The number of nitrogens with zero attached hydrogens (tertiary/aromatic N) is 4. The molecule has 0 amide bonds. The molecule has 1 unspecified atom stereocenters. The largest absolute Gasteiger partial charge is 0.495 e. The molecular formula is C22H25Cl2N5O2S. The van der Waals surface area contributed by atoms with Gasteiger partial charge in [-0.2, -0.15) is 0 Å². The summed E-state index contributed by atoms with van der Waals surface area (Å²) in [5, 5.41) is 5.79. The number of fused-ring (bicyclic) bond motifs is 1. The molecule has 0 radical (unpaired) electrons. The van der Waals surface area contributed by atoms with Crippen LogP contribution in [0.2, 0.25) is 10.0 Å². The fraction of sp³-hybridized carbons (Fsp3) is 0.409. The van der Waals surface area contributed by atoms with E-state index in [4.69, 9.17) is 42.6 Å². The summed E-state index contributed by atoms with van der Waals surface area (Å²) in [6.45, 7) is 2.96. The lowest BCUT2D eigenvalue weighted by Gasteiger charge is -2.17. The minimum Gasteiger partial charge on any atom is -0.495 e. The standard InChI is InChI=1S/C22H25Cl2N5O2S/c1-29-6-5-12(11-29)9-25-21-20-13(10-26-22(28-20)32-4)7-14(27-21)17-18(23)15(30-2)8-16(31-3)19(17)24/h7-8,10,12H,5-6,9,11H2,1-4H3,(H,25,27). The van der Waals surface area contributed by atoms with E-state index in [1.54, 1.807) is 26.5 Å². The zero-order valence-electron chi connectivity index (χ0n) is 18.4. The highest BCUT2D eigenvalue weighted by Crippen LogP contribution is 2.46. The van der Waals surface area contributed by atoms with Crippen LogP contribution in [0.25, 0.3) is 22.2 Å².